The number of para-hydroxylation sites is 2. The van der Waals surface area contributed by atoms with Gasteiger partial charge in [0, 0.05) is 32.6 Å². The molecule has 0 bridgehead atoms. The molecule has 0 aliphatic rings. The van der Waals surface area contributed by atoms with E-state index in [1.807, 2.05) is 0 Å². The van der Waals surface area contributed by atoms with Crippen molar-refractivity contribution < 1.29 is 4.42 Å². The molecule has 0 radical (unpaired) electrons. The van der Waals surface area contributed by atoms with Gasteiger partial charge in [0.25, 0.3) is 0 Å². The normalized spacial score (nSPS) is 12.1. The molecule has 0 fully saturated rings. The number of hydrogen-bond acceptors (Lipinski definition) is 1. The fourth-order valence-corrected chi connectivity index (χ4v) is 9.12. The van der Waals surface area contributed by atoms with Crippen LogP contribution in [-0.4, -0.2) is 4.57 Å². The van der Waals surface area contributed by atoms with E-state index in [9.17, 15) is 0 Å². The predicted octanol–water partition coefficient (Wildman–Crippen LogP) is 14.6. The molecule has 54 heavy (non-hydrogen) atoms. The number of benzene rings is 10. The average molecular weight is 686 g/mol. The highest BCUT2D eigenvalue weighted by Gasteiger charge is 2.19. The number of furan rings is 1. The maximum atomic E-state index is 6.41. The lowest BCUT2D eigenvalue weighted by Crippen LogP contribution is -1.95. The molecule has 12 aromatic rings. The van der Waals surface area contributed by atoms with Crippen LogP contribution in [0.5, 0.6) is 0 Å². The summed E-state index contributed by atoms with van der Waals surface area (Å²) >= 11 is 0. The lowest BCUT2D eigenvalue weighted by atomic mass is 9.90. The molecule has 12 rings (SSSR count). The van der Waals surface area contributed by atoms with Gasteiger partial charge >= 0.3 is 0 Å². The summed E-state index contributed by atoms with van der Waals surface area (Å²) in [6.45, 7) is 0. The first-order valence-corrected chi connectivity index (χ1v) is 18.6. The Kier molecular flexibility index (Phi) is 6.09. The summed E-state index contributed by atoms with van der Waals surface area (Å²) in [7, 11) is 0. The van der Waals surface area contributed by atoms with Gasteiger partial charge in [0.2, 0.25) is 0 Å². The summed E-state index contributed by atoms with van der Waals surface area (Å²) < 4.78 is 8.87. The Morgan fingerprint density at radius 1 is 0.333 bits per heavy atom. The van der Waals surface area contributed by atoms with E-state index in [0.29, 0.717) is 0 Å². The van der Waals surface area contributed by atoms with Gasteiger partial charge in [0.15, 0.2) is 0 Å². The first-order chi connectivity index (χ1) is 26.8. The van der Waals surface area contributed by atoms with Crippen LogP contribution in [0.25, 0.3) is 115 Å². The van der Waals surface area contributed by atoms with Gasteiger partial charge in [0.05, 0.1) is 11.0 Å². The maximum Gasteiger partial charge on any atom is 0.135 e. The third-order valence-corrected chi connectivity index (χ3v) is 11.6. The van der Waals surface area contributed by atoms with E-state index in [-0.39, 0.29) is 0 Å². The summed E-state index contributed by atoms with van der Waals surface area (Å²) in [5, 5.41) is 14.9. The molecule has 0 saturated heterocycles. The quantitative estimate of drug-likeness (QED) is 0.169. The highest BCUT2D eigenvalue weighted by molar-refractivity contribution is 6.33. The first kappa shape index (κ1) is 29.4. The topological polar surface area (TPSA) is 18.1 Å². The second-order valence-electron chi connectivity index (χ2n) is 14.4. The van der Waals surface area contributed by atoms with E-state index in [2.05, 4.69) is 193 Å². The molecule has 0 unspecified atom stereocenters. The molecule has 250 valence electrons. The standard InChI is InChI=1S/C52H31NO/c1-2-13-36(14-3-1)53-48-20-9-8-18-41(48)44-26-25-42-39-16-6-7-17-40(39)45-29-33(21-24-43(45)51(42)52(44)53)34-22-27-49-46(30-34)47-31-35(23-28-50(47)54-49)38-19-10-12-32-11-4-5-15-37(32)38/h1-31H. The zero-order valence-electron chi connectivity index (χ0n) is 29.3. The van der Waals surface area contributed by atoms with E-state index >= 15 is 0 Å². The van der Waals surface area contributed by atoms with Crippen molar-refractivity contribution in [2.45, 2.75) is 0 Å². The van der Waals surface area contributed by atoms with Crippen LogP contribution in [0.15, 0.2) is 192 Å². The molecule has 2 heteroatoms. The molecule has 2 nitrogen and oxygen atoms in total. The third-order valence-electron chi connectivity index (χ3n) is 11.6. The molecular weight excluding hydrogens is 655 g/mol. The van der Waals surface area contributed by atoms with Crippen molar-refractivity contribution >= 4 is 86.8 Å². The smallest absolute Gasteiger partial charge is 0.135 e. The second-order valence-corrected chi connectivity index (χ2v) is 14.4. The molecule has 0 atom stereocenters. The molecule has 0 amide bonds. The lowest BCUT2D eigenvalue weighted by molar-refractivity contribution is 0.669. The number of aromatic nitrogens is 1. The molecule has 0 saturated carbocycles. The van der Waals surface area contributed by atoms with E-state index in [1.165, 1.54) is 92.8 Å². The molecule has 10 aromatic carbocycles. The maximum absolute atomic E-state index is 6.41. The Labute approximate surface area is 310 Å². The van der Waals surface area contributed by atoms with Gasteiger partial charge in [0.1, 0.15) is 11.2 Å². The number of hydrogen-bond donors (Lipinski definition) is 0. The Balaban J connectivity index is 1.11. The third kappa shape index (κ3) is 4.17. The highest BCUT2D eigenvalue weighted by atomic mass is 16.3. The van der Waals surface area contributed by atoms with Gasteiger partial charge in [-0.3, -0.25) is 0 Å². The number of nitrogens with zero attached hydrogens (tertiary/aromatic N) is 1. The molecule has 2 aromatic heterocycles. The van der Waals surface area contributed by atoms with Gasteiger partial charge in [-0.1, -0.05) is 140 Å². The van der Waals surface area contributed by atoms with Crippen molar-refractivity contribution in [1.29, 1.82) is 0 Å². The average Bonchev–Trinajstić information content (AvgIpc) is 3.78. The number of rotatable bonds is 3. The Hall–Kier alpha value is -7.16. The van der Waals surface area contributed by atoms with Crippen LogP contribution in [0.4, 0.5) is 0 Å². The van der Waals surface area contributed by atoms with Crippen molar-refractivity contribution in [2.75, 3.05) is 0 Å². The van der Waals surface area contributed by atoms with E-state index in [4.69, 9.17) is 4.42 Å². The molecule has 0 N–H and O–H groups in total. The Morgan fingerprint density at radius 3 is 1.70 bits per heavy atom. The van der Waals surface area contributed by atoms with Crippen LogP contribution < -0.4 is 0 Å². The molecule has 2 heterocycles. The van der Waals surface area contributed by atoms with Crippen LogP contribution in [0.1, 0.15) is 0 Å². The molecular formula is C52H31NO. The summed E-state index contributed by atoms with van der Waals surface area (Å²) in [5.74, 6) is 0. The van der Waals surface area contributed by atoms with Crippen LogP contribution in [0, 0.1) is 0 Å². The largest absolute Gasteiger partial charge is 0.456 e. The minimum atomic E-state index is 0.900. The van der Waals surface area contributed by atoms with E-state index < -0.39 is 0 Å². The summed E-state index contributed by atoms with van der Waals surface area (Å²) in [5.41, 5.74) is 10.2. The van der Waals surface area contributed by atoms with Crippen LogP contribution in [0.3, 0.4) is 0 Å². The zero-order valence-corrected chi connectivity index (χ0v) is 29.3. The Morgan fingerprint density at radius 2 is 0.889 bits per heavy atom. The zero-order chi connectivity index (χ0) is 35.3. The van der Waals surface area contributed by atoms with Crippen LogP contribution in [0.2, 0.25) is 0 Å². The van der Waals surface area contributed by atoms with Crippen LogP contribution in [-0.2, 0) is 0 Å². The molecule has 0 aliphatic heterocycles. The Bertz CT molecular complexity index is 3490. The predicted molar refractivity (Wildman–Crippen MR) is 229 cm³/mol. The van der Waals surface area contributed by atoms with Crippen molar-refractivity contribution in [2.24, 2.45) is 0 Å². The van der Waals surface area contributed by atoms with Crippen molar-refractivity contribution in [3.8, 4) is 27.9 Å². The van der Waals surface area contributed by atoms with Gasteiger partial charge in [-0.2, -0.15) is 0 Å². The first-order valence-electron chi connectivity index (χ1n) is 18.6. The van der Waals surface area contributed by atoms with Crippen molar-refractivity contribution in [3.63, 3.8) is 0 Å². The monoisotopic (exact) mass is 685 g/mol. The fourth-order valence-electron chi connectivity index (χ4n) is 9.12. The summed E-state index contributed by atoms with van der Waals surface area (Å²) in [6, 6.07) is 68.5. The van der Waals surface area contributed by atoms with E-state index in [1.54, 1.807) is 0 Å². The SMILES string of the molecule is c1ccc(-n2c3ccccc3c3ccc4c5ccccc5c5cc(-c6ccc7oc8ccc(-c9cccc%10ccccc9%10)cc8c7c6)ccc5c4c32)cc1. The highest BCUT2D eigenvalue weighted by Crippen LogP contribution is 2.44. The molecule has 0 spiro atoms. The van der Waals surface area contributed by atoms with Gasteiger partial charge in [-0.15, -0.1) is 0 Å². The molecule has 0 aliphatic carbocycles. The van der Waals surface area contributed by atoms with Crippen molar-refractivity contribution in [3.05, 3.63) is 188 Å². The minimum Gasteiger partial charge on any atom is -0.456 e. The van der Waals surface area contributed by atoms with Crippen molar-refractivity contribution in [1.82, 2.24) is 4.57 Å². The number of fused-ring (bicyclic) bond motifs is 14. The van der Waals surface area contributed by atoms with E-state index in [0.717, 1.165) is 21.9 Å². The summed E-state index contributed by atoms with van der Waals surface area (Å²) in [4.78, 5) is 0. The van der Waals surface area contributed by atoms with Gasteiger partial charge in [-0.25, -0.2) is 0 Å². The summed E-state index contributed by atoms with van der Waals surface area (Å²) in [6.07, 6.45) is 0. The lowest BCUT2D eigenvalue weighted by Gasteiger charge is -2.15. The van der Waals surface area contributed by atoms with Gasteiger partial charge < -0.3 is 8.98 Å². The van der Waals surface area contributed by atoms with Crippen LogP contribution >= 0.6 is 0 Å². The minimum absolute atomic E-state index is 0.900. The fraction of sp³-hybridized carbons (Fsp3) is 0. The van der Waals surface area contributed by atoms with Gasteiger partial charge in [-0.05, 0) is 108 Å². The second kappa shape index (κ2) is 11.2.